The van der Waals surface area contributed by atoms with Gasteiger partial charge in [0, 0.05) is 13.2 Å². The van der Waals surface area contributed by atoms with Crippen molar-refractivity contribution in [3.63, 3.8) is 0 Å². The molecule has 5 nitrogen and oxygen atoms in total. The van der Waals surface area contributed by atoms with E-state index in [1.165, 1.54) is 12.0 Å². The number of nitrogens with zero attached hydrogens (tertiary/aromatic N) is 3. The molecule has 1 aromatic heterocycles. The Morgan fingerprint density at radius 1 is 1.73 bits per heavy atom. The molecule has 5 heteroatoms. The van der Waals surface area contributed by atoms with E-state index in [0.29, 0.717) is 5.56 Å². The molecule has 0 aromatic carbocycles. The van der Waals surface area contributed by atoms with Crippen LogP contribution in [0.25, 0.3) is 0 Å². The Bertz CT molecular complexity index is 398. The van der Waals surface area contributed by atoms with Gasteiger partial charge in [-0.1, -0.05) is 0 Å². The number of rotatable bonds is 3. The van der Waals surface area contributed by atoms with Gasteiger partial charge in [0.2, 0.25) is 5.88 Å². The van der Waals surface area contributed by atoms with E-state index >= 15 is 0 Å². The first-order chi connectivity index (χ1) is 7.20. The lowest BCUT2D eigenvalue weighted by Gasteiger charge is -2.14. The van der Waals surface area contributed by atoms with E-state index in [1.807, 2.05) is 6.07 Å². The second-order valence-electron chi connectivity index (χ2n) is 2.88. The number of hydrogen-bond donors (Lipinski definition) is 0. The average molecular weight is 205 g/mol. The van der Waals surface area contributed by atoms with Crippen molar-refractivity contribution in [1.29, 1.82) is 5.26 Å². The third-order valence-electron chi connectivity index (χ3n) is 1.85. The van der Waals surface area contributed by atoms with Crippen LogP contribution < -0.4 is 4.74 Å². The highest BCUT2D eigenvalue weighted by Crippen LogP contribution is 2.15. The molecule has 0 unspecified atom stereocenters. The predicted molar refractivity (Wildman–Crippen MR) is 53.4 cm³/mol. The number of amides is 1. The van der Waals surface area contributed by atoms with Crippen LogP contribution in [0.4, 0.5) is 0 Å². The summed E-state index contributed by atoms with van der Waals surface area (Å²) in [6.07, 6.45) is 1.54. The van der Waals surface area contributed by atoms with Crippen molar-refractivity contribution in [2.24, 2.45) is 0 Å². The van der Waals surface area contributed by atoms with E-state index in [-0.39, 0.29) is 18.3 Å². The molecule has 0 aliphatic carbocycles. The molecule has 1 aromatic rings. The molecule has 1 rings (SSSR count). The summed E-state index contributed by atoms with van der Waals surface area (Å²) in [7, 11) is 3.00. The second-order valence-corrected chi connectivity index (χ2v) is 2.88. The standard InChI is InChI=1S/C10H11N3O2/c1-13(7-5-11)10(14)8-4-3-6-12-9(8)15-2/h3-4,6H,7H2,1-2H3. The molecule has 0 N–H and O–H groups in total. The number of pyridine rings is 1. The van der Waals surface area contributed by atoms with Crippen molar-refractivity contribution in [1.82, 2.24) is 9.88 Å². The Kier molecular flexibility index (Phi) is 3.63. The molecule has 1 amide bonds. The van der Waals surface area contributed by atoms with Crippen LogP contribution in [0.5, 0.6) is 5.88 Å². The molecule has 0 aliphatic heterocycles. The van der Waals surface area contributed by atoms with Crippen molar-refractivity contribution in [2.45, 2.75) is 0 Å². The fraction of sp³-hybridized carbons (Fsp3) is 0.300. The Balaban J connectivity index is 2.96. The van der Waals surface area contributed by atoms with Crippen LogP contribution in [0.1, 0.15) is 10.4 Å². The largest absolute Gasteiger partial charge is 0.480 e. The van der Waals surface area contributed by atoms with Gasteiger partial charge in [-0.2, -0.15) is 5.26 Å². The number of carbonyl (C=O) groups is 1. The van der Waals surface area contributed by atoms with Crippen LogP contribution in [0.2, 0.25) is 0 Å². The lowest BCUT2D eigenvalue weighted by Crippen LogP contribution is -2.27. The van der Waals surface area contributed by atoms with E-state index in [4.69, 9.17) is 10.00 Å². The van der Waals surface area contributed by atoms with Gasteiger partial charge < -0.3 is 9.64 Å². The minimum atomic E-state index is -0.276. The topological polar surface area (TPSA) is 66.2 Å². The first-order valence-electron chi connectivity index (χ1n) is 4.32. The molecule has 0 saturated heterocycles. The first kappa shape index (κ1) is 11.0. The number of ether oxygens (including phenoxy) is 1. The summed E-state index contributed by atoms with van der Waals surface area (Å²) in [4.78, 5) is 17.0. The van der Waals surface area contributed by atoms with Crippen LogP contribution in [-0.4, -0.2) is 36.5 Å². The fourth-order valence-corrected chi connectivity index (χ4v) is 1.10. The lowest BCUT2D eigenvalue weighted by atomic mass is 10.2. The predicted octanol–water partition coefficient (Wildman–Crippen LogP) is 0.686. The first-order valence-corrected chi connectivity index (χ1v) is 4.32. The van der Waals surface area contributed by atoms with Gasteiger partial charge in [-0.15, -0.1) is 0 Å². The van der Waals surface area contributed by atoms with Crippen LogP contribution in [0, 0.1) is 11.3 Å². The minimum Gasteiger partial charge on any atom is -0.480 e. The normalized spacial score (nSPS) is 9.13. The van der Waals surface area contributed by atoms with Crippen molar-refractivity contribution >= 4 is 5.91 Å². The highest BCUT2D eigenvalue weighted by Gasteiger charge is 2.16. The smallest absolute Gasteiger partial charge is 0.259 e. The minimum absolute atomic E-state index is 0.0386. The van der Waals surface area contributed by atoms with Crippen molar-refractivity contribution in [3.05, 3.63) is 23.9 Å². The third kappa shape index (κ3) is 2.44. The van der Waals surface area contributed by atoms with E-state index < -0.39 is 0 Å². The number of methoxy groups -OCH3 is 1. The maximum atomic E-state index is 11.8. The van der Waals surface area contributed by atoms with Crippen LogP contribution in [0.3, 0.4) is 0 Å². The zero-order chi connectivity index (χ0) is 11.3. The molecule has 1 heterocycles. The lowest BCUT2D eigenvalue weighted by molar-refractivity contribution is 0.0808. The SMILES string of the molecule is COc1ncccc1C(=O)N(C)CC#N. The Labute approximate surface area is 87.9 Å². The Morgan fingerprint density at radius 3 is 3.07 bits per heavy atom. The van der Waals surface area contributed by atoms with E-state index in [2.05, 4.69) is 4.98 Å². The number of nitriles is 1. The fourth-order valence-electron chi connectivity index (χ4n) is 1.10. The summed E-state index contributed by atoms with van der Waals surface area (Å²) in [5.74, 6) is -0.00575. The summed E-state index contributed by atoms with van der Waals surface area (Å²) in [6, 6.07) is 5.16. The maximum absolute atomic E-state index is 11.8. The van der Waals surface area contributed by atoms with Gasteiger partial charge in [0.05, 0.1) is 13.2 Å². The van der Waals surface area contributed by atoms with Crippen LogP contribution >= 0.6 is 0 Å². The number of hydrogen-bond acceptors (Lipinski definition) is 4. The third-order valence-corrected chi connectivity index (χ3v) is 1.85. The Hall–Kier alpha value is -2.09. The van der Waals surface area contributed by atoms with Gasteiger partial charge in [-0.25, -0.2) is 4.98 Å². The molecule has 78 valence electrons. The van der Waals surface area contributed by atoms with Gasteiger partial charge in [0.15, 0.2) is 0 Å². The van der Waals surface area contributed by atoms with Crippen LogP contribution in [-0.2, 0) is 0 Å². The van der Waals surface area contributed by atoms with Gasteiger partial charge in [0.1, 0.15) is 12.1 Å². The van der Waals surface area contributed by atoms with Gasteiger partial charge in [-0.05, 0) is 12.1 Å². The molecule has 0 bridgehead atoms. The van der Waals surface area contributed by atoms with E-state index in [0.717, 1.165) is 0 Å². The monoisotopic (exact) mass is 205 g/mol. The highest BCUT2D eigenvalue weighted by atomic mass is 16.5. The van der Waals surface area contributed by atoms with Crippen molar-refractivity contribution < 1.29 is 9.53 Å². The quantitative estimate of drug-likeness (QED) is 0.681. The second kappa shape index (κ2) is 4.96. The molecule has 15 heavy (non-hydrogen) atoms. The van der Waals surface area contributed by atoms with E-state index in [1.54, 1.807) is 25.4 Å². The summed E-state index contributed by atoms with van der Waals surface area (Å²) < 4.78 is 4.95. The molecule has 0 fully saturated rings. The molecular formula is C10H11N3O2. The summed E-state index contributed by atoms with van der Waals surface area (Å²) in [5, 5.41) is 8.47. The van der Waals surface area contributed by atoms with Crippen molar-refractivity contribution in [3.8, 4) is 11.9 Å². The molecule has 0 aliphatic rings. The number of carbonyl (C=O) groups excluding carboxylic acids is 1. The van der Waals surface area contributed by atoms with Crippen molar-refractivity contribution in [2.75, 3.05) is 20.7 Å². The van der Waals surface area contributed by atoms with Gasteiger partial charge in [-0.3, -0.25) is 4.79 Å². The molecule has 0 atom stereocenters. The zero-order valence-corrected chi connectivity index (χ0v) is 8.60. The maximum Gasteiger partial charge on any atom is 0.259 e. The van der Waals surface area contributed by atoms with E-state index in [9.17, 15) is 4.79 Å². The molecule has 0 radical (unpaired) electrons. The summed E-state index contributed by atoms with van der Waals surface area (Å²) in [5.41, 5.74) is 0.359. The summed E-state index contributed by atoms with van der Waals surface area (Å²) >= 11 is 0. The molecule has 0 spiro atoms. The van der Waals surface area contributed by atoms with Gasteiger partial charge >= 0.3 is 0 Å². The van der Waals surface area contributed by atoms with Crippen LogP contribution in [0.15, 0.2) is 18.3 Å². The Morgan fingerprint density at radius 2 is 2.47 bits per heavy atom. The summed E-state index contributed by atoms with van der Waals surface area (Å²) in [6.45, 7) is 0.0386. The molecular weight excluding hydrogens is 194 g/mol. The zero-order valence-electron chi connectivity index (χ0n) is 8.60. The number of aromatic nitrogens is 1. The highest BCUT2D eigenvalue weighted by molar-refractivity contribution is 5.96. The average Bonchev–Trinajstić information content (AvgIpc) is 2.28. The molecule has 0 saturated carbocycles. The van der Waals surface area contributed by atoms with Gasteiger partial charge in [0.25, 0.3) is 5.91 Å².